The third-order valence-electron chi connectivity index (χ3n) is 8.55. The molecule has 278 valence electrons. The SMILES string of the molecule is CCCCC[C@@H](C(=O)NCNC(=O)c1ccc(-c2cc(OCc3ccccc3)cc(P(=O)(OC)OC)c2)o1)[C@@H](CC)N(C=O)OCc1ccccc1. The number of benzene rings is 3. The molecule has 0 spiro atoms. The average Bonchev–Trinajstić information content (AvgIpc) is 3.69. The molecule has 0 fully saturated rings. The number of unbranched alkanes of at least 4 members (excludes halogenated alkanes) is 2. The topological polar surface area (TPSA) is 146 Å². The minimum absolute atomic E-state index is 0.00422. The third-order valence-corrected chi connectivity index (χ3v) is 10.4. The van der Waals surface area contributed by atoms with Crippen LogP contribution in [0.2, 0.25) is 0 Å². The summed E-state index contributed by atoms with van der Waals surface area (Å²) in [6, 6.07) is 26.5. The van der Waals surface area contributed by atoms with Crippen LogP contribution in [0.25, 0.3) is 11.3 Å². The van der Waals surface area contributed by atoms with Gasteiger partial charge in [-0.2, -0.15) is 0 Å². The van der Waals surface area contributed by atoms with Crippen molar-refractivity contribution in [3.8, 4) is 17.1 Å². The molecular formula is C39H48N3O9P. The first-order valence-corrected chi connectivity index (χ1v) is 18.9. The van der Waals surface area contributed by atoms with E-state index >= 15 is 0 Å². The molecule has 2 N–H and O–H groups in total. The molecule has 0 aliphatic carbocycles. The van der Waals surface area contributed by atoms with E-state index in [1.165, 1.54) is 25.3 Å². The molecule has 1 heterocycles. The van der Waals surface area contributed by atoms with Crippen LogP contribution in [0.15, 0.2) is 95.4 Å². The Morgan fingerprint density at radius 2 is 1.54 bits per heavy atom. The summed E-state index contributed by atoms with van der Waals surface area (Å²) in [5.41, 5.74) is 2.32. The molecule has 0 aliphatic rings. The lowest BCUT2D eigenvalue weighted by Gasteiger charge is -2.32. The van der Waals surface area contributed by atoms with E-state index in [1.807, 2.05) is 67.6 Å². The van der Waals surface area contributed by atoms with Crippen LogP contribution < -0.4 is 20.7 Å². The van der Waals surface area contributed by atoms with E-state index in [1.54, 1.807) is 24.3 Å². The average molecular weight is 734 g/mol. The number of ether oxygens (including phenoxy) is 1. The molecule has 1 aromatic heterocycles. The predicted octanol–water partition coefficient (Wildman–Crippen LogP) is 7.01. The van der Waals surface area contributed by atoms with Gasteiger partial charge in [0.2, 0.25) is 12.3 Å². The Balaban J connectivity index is 1.43. The highest BCUT2D eigenvalue weighted by molar-refractivity contribution is 7.62. The van der Waals surface area contributed by atoms with Crippen molar-refractivity contribution in [1.29, 1.82) is 0 Å². The van der Waals surface area contributed by atoms with Gasteiger partial charge in [0.1, 0.15) is 24.7 Å². The Labute approximate surface area is 305 Å². The number of amides is 3. The van der Waals surface area contributed by atoms with Crippen LogP contribution in [0.5, 0.6) is 5.75 Å². The molecule has 0 radical (unpaired) electrons. The van der Waals surface area contributed by atoms with E-state index in [-0.39, 0.29) is 36.9 Å². The molecule has 13 heteroatoms. The van der Waals surface area contributed by atoms with E-state index in [0.29, 0.717) is 36.3 Å². The van der Waals surface area contributed by atoms with Gasteiger partial charge in [-0.25, -0.2) is 5.06 Å². The Hall–Kier alpha value is -4.74. The minimum Gasteiger partial charge on any atom is -0.489 e. The summed E-state index contributed by atoms with van der Waals surface area (Å²) in [5.74, 6) is -0.725. The van der Waals surface area contributed by atoms with Gasteiger partial charge in [0.05, 0.1) is 23.9 Å². The van der Waals surface area contributed by atoms with Crippen molar-refractivity contribution in [2.75, 3.05) is 20.9 Å². The number of carbonyl (C=O) groups is 3. The highest BCUT2D eigenvalue weighted by Crippen LogP contribution is 2.46. The zero-order valence-corrected chi connectivity index (χ0v) is 31.0. The van der Waals surface area contributed by atoms with E-state index < -0.39 is 25.5 Å². The fourth-order valence-electron chi connectivity index (χ4n) is 5.72. The Bertz CT molecular complexity index is 1760. The minimum atomic E-state index is -3.67. The second kappa shape index (κ2) is 20.3. The quantitative estimate of drug-likeness (QED) is 0.0287. The third kappa shape index (κ3) is 11.1. The molecule has 4 aromatic rings. The Morgan fingerprint density at radius 1 is 0.865 bits per heavy atom. The maximum Gasteiger partial charge on any atom is 0.360 e. The number of hydrogen-bond acceptors (Lipinski definition) is 9. The zero-order valence-electron chi connectivity index (χ0n) is 30.1. The van der Waals surface area contributed by atoms with Gasteiger partial charge in [0, 0.05) is 19.8 Å². The van der Waals surface area contributed by atoms with E-state index in [0.717, 1.165) is 30.4 Å². The summed E-state index contributed by atoms with van der Waals surface area (Å²) in [4.78, 5) is 44.6. The lowest BCUT2D eigenvalue weighted by molar-refractivity contribution is -0.200. The van der Waals surface area contributed by atoms with Crippen LogP contribution in [-0.2, 0) is 41.3 Å². The van der Waals surface area contributed by atoms with E-state index in [4.69, 9.17) is 23.0 Å². The van der Waals surface area contributed by atoms with Crippen LogP contribution in [0.3, 0.4) is 0 Å². The van der Waals surface area contributed by atoms with Crippen molar-refractivity contribution in [1.82, 2.24) is 15.7 Å². The van der Waals surface area contributed by atoms with Gasteiger partial charge in [-0.3, -0.25) is 23.8 Å². The van der Waals surface area contributed by atoms with Gasteiger partial charge in [0.15, 0.2) is 5.76 Å². The highest BCUT2D eigenvalue weighted by Gasteiger charge is 2.32. The fraction of sp³-hybridized carbons (Fsp3) is 0.359. The summed E-state index contributed by atoms with van der Waals surface area (Å²) < 4.78 is 35.7. The van der Waals surface area contributed by atoms with Crippen molar-refractivity contribution >= 4 is 31.1 Å². The van der Waals surface area contributed by atoms with Gasteiger partial charge in [-0.05, 0) is 54.3 Å². The van der Waals surface area contributed by atoms with Crippen LogP contribution in [0.1, 0.15) is 67.6 Å². The van der Waals surface area contributed by atoms with Crippen molar-refractivity contribution in [3.63, 3.8) is 0 Å². The standard InChI is InChI=1S/C39H48N3O9P/c1-5-7-10-19-34(35(6-2)42(28-43)50-26-30-17-13-9-14-18-30)38(44)40-27-41-39(45)37-21-20-36(51-37)31-22-32(49-25-29-15-11-8-12-16-29)24-33(23-31)52(46,47-3)48-4/h8-9,11-18,20-24,28,34-35H,5-7,10,19,25-27H2,1-4H3,(H,40,44)(H,41,45)/t34-,35-/m1/s1. The molecule has 0 saturated carbocycles. The van der Waals surface area contributed by atoms with Crippen LogP contribution in [-0.4, -0.2) is 50.2 Å². The van der Waals surface area contributed by atoms with Gasteiger partial charge >= 0.3 is 7.60 Å². The first-order valence-electron chi connectivity index (χ1n) is 17.4. The largest absolute Gasteiger partial charge is 0.489 e. The van der Waals surface area contributed by atoms with Gasteiger partial charge < -0.3 is 28.8 Å². The summed E-state index contributed by atoms with van der Waals surface area (Å²) in [7, 11) is -1.08. The predicted molar refractivity (Wildman–Crippen MR) is 197 cm³/mol. The number of carbonyl (C=O) groups excluding carboxylic acids is 3. The first-order chi connectivity index (χ1) is 25.2. The summed E-state index contributed by atoms with van der Waals surface area (Å²) in [6.07, 6.45) is 4.35. The van der Waals surface area contributed by atoms with Crippen LogP contribution >= 0.6 is 7.60 Å². The maximum absolute atomic E-state index is 13.5. The monoisotopic (exact) mass is 733 g/mol. The highest BCUT2D eigenvalue weighted by atomic mass is 31.2. The maximum atomic E-state index is 13.5. The van der Waals surface area contributed by atoms with Crippen LogP contribution in [0, 0.1) is 5.92 Å². The first kappa shape index (κ1) is 40.0. The molecule has 2 atom stereocenters. The lowest BCUT2D eigenvalue weighted by atomic mass is 9.90. The molecule has 4 rings (SSSR count). The smallest absolute Gasteiger partial charge is 0.360 e. The van der Waals surface area contributed by atoms with Gasteiger partial charge in [-0.1, -0.05) is 93.8 Å². The molecule has 0 bridgehead atoms. The van der Waals surface area contributed by atoms with Crippen molar-refractivity contribution in [2.24, 2.45) is 5.92 Å². The van der Waals surface area contributed by atoms with E-state index in [2.05, 4.69) is 17.6 Å². The van der Waals surface area contributed by atoms with Gasteiger partial charge in [-0.15, -0.1) is 0 Å². The molecular weight excluding hydrogens is 685 g/mol. The molecule has 3 amide bonds. The van der Waals surface area contributed by atoms with Crippen LogP contribution in [0.4, 0.5) is 0 Å². The molecule has 0 unspecified atom stereocenters. The number of furan rings is 1. The summed E-state index contributed by atoms with van der Waals surface area (Å²) in [6.45, 7) is 4.26. The number of rotatable bonds is 22. The Kier molecular flexibility index (Phi) is 15.7. The number of nitrogens with zero attached hydrogens (tertiary/aromatic N) is 1. The Morgan fingerprint density at radius 3 is 2.15 bits per heavy atom. The lowest BCUT2D eigenvalue weighted by Crippen LogP contribution is -2.48. The molecule has 3 aromatic carbocycles. The van der Waals surface area contributed by atoms with Crippen molar-refractivity contribution in [2.45, 2.75) is 65.2 Å². The van der Waals surface area contributed by atoms with Crippen molar-refractivity contribution in [3.05, 3.63) is 108 Å². The second-order valence-electron chi connectivity index (χ2n) is 12.0. The molecule has 0 saturated heterocycles. The number of hydrogen-bond donors (Lipinski definition) is 2. The fourth-order valence-corrected chi connectivity index (χ4v) is 6.87. The number of hydroxylamine groups is 2. The second-order valence-corrected chi connectivity index (χ2v) is 14.3. The van der Waals surface area contributed by atoms with Gasteiger partial charge in [0.25, 0.3) is 5.91 Å². The van der Waals surface area contributed by atoms with Crippen molar-refractivity contribution < 1.29 is 42.0 Å². The normalized spacial score (nSPS) is 12.5. The summed E-state index contributed by atoms with van der Waals surface area (Å²) in [5, 5.41) is 6.97. The summed E-state index contributed by atoms with van der Waals surface area (Å²) >= 11 is 0. The molecule has 52 heavy (non-hydrogen) atoms. The molecule has 0 aliphatic heterocycles. The molecule has 12 nitrogen and oxygen atoms in total. The zero-order chi connectivity index (χ0) is 37.3. The van der Waals surface area contributed by atoms with E-state index in [9.17, 15) is 18.9 Å². The number of nitrogens with one attached hydrogen (secondary N) is 2.